The second kappa shape index (κ2) is 8.45. The number of amides is 1. The molecule has 0 aliphatic carbocycles. The lowest BCUT2D eigenvalue weighted by Crippen LogP contribution is -2.43. The number of sulfonamides is 1. The van der Waals surface area contributed by atoms with Crippen molar-refractivity contribution in [3.63, 3.8) is 0 Å². The zero-order valence-corrected chi connectivity index (χ0v) is 16.3. The summed E-state index contributed by atoms with van der Waals surface area (Å²) in [5.41, 5.74) is -3.68. The number of hydrogen-bond donors (Lipinski definition) is 2. The van der Waals surface area contributed by atoms with Crippen molar-refractivity contribution in [2.45, 2.75) is 30.5 Å². The highest BCUT2D eigenvalue weighted by molar-refractivity contribution is 7.89. The smallest absolute Gasteiger partial charge is 0.343 e. The van der Waals surface area contributed by atoms with Gasteiger partial charge in [-0.2, -0.15) is 17.9 Å². The van der Waals surface area contributed by atoms with Gasteiger partial charge in [-0.3, -0.25) is 4.79 Å². The Labute approximate surface area is 169 Å². The number of anilines is 1. The molecule has 0 spiro atoms. The van der Waals surface area contributed by atoms with Crippen LogP contribution in [0.25, 0.3) is 0 Å². The van der Waals surface area contributed by atoms with Crippen LogP contribution < -0.4 is 10.0 Å². The van der Waals surface area contributed by atoms with Crippen LogP contribution in [-0.2, 0) is 17.1 Å². The van der Waals surface area contributed by atoms with Crippen molar-refractivity contribution in [3.8, 4) is 0 Å². The van der Waals surface area contributed by atoms with E-state index >= 15 is 0 Å². The van der Waals surface area contributed by atoms with Crippen molar-refractivity contribution < 1.29 is 48.3 Å². The molecular weight excluding hydrogens is 466 g/mol. The summed E-state index contributed by atoms with van der Waals surface area (Å²) in [6.07, 6.45) is -8.08. The summed E-state index contributed by atoms with van der Waals surface area (Å²) >= 11 is 0. The number of carbonyl (C=O) groups excluding carboxylic acids is 1. The van der Waals surface area contributed by atoms with Gasteiger partial charge in [-0.15, -0.1) is 0 Å². The minimum Gasteiger partial charge on any atom is -0.343 e. The number of rotatable bonds is 6. The van der Waals surface area contributed by atoms with Gasteiger partial charge in [-0.25, -0.2) is 30.4 Å². The van der Waals surface area contributed by atoms with Gasteiger partial charge in [0.15, 0.2) is 11.6 Å². The van der Waals surface area contributed by atoms with Gasteiger partial charge < -0.3 is 9.88 Å². The summed E-state index contributed by atoms with van der Waals surface area (Å²) in [6.45, 7) is 0.462. The zero-order chi connectivity index (χ0) is 23.9. The molecule has 1 atom stereocenters. The van der Waals surface area contributed by atoms with E-state index in [1.165, 1.54) is 4.72 Å². The highest BCUT2D eigenvalue weighted by Gasteiger charge is 2.40. The van der Waals surface area contributed by atoms with E-state index in [4.69, 9.17) is 0 Å². The molecule has 6 nitrogen and oxygen atoms in total. The predicted molar refractivity (Wildman–Crippen MR) is 90.5 cm³/mol. The van der Waals surface area contributed by atoms with Gasteiger partial charge >= 0.3 is 6.18 Å². The fourth-order valence-electron chi connectivity index (χ4n) is 2.43. The largest absolute Gasteiger partial charge is 0.404 e. The van der Waals surface area contributed by atoms with Crippen LogP contribution in [-0.4, -0.2) is 31.1 Å². The SMILES string of the molecule is CC(NS(=O)(=O)c1cn(C)c(C(=O)Nc2ccc(F)c(C(F)F)c2F)c1F)C(F)(F)F. The molecule has 1 unspecified atom stereocenters. The standard InChI is InChI=1S/C16H13F8N3O3S/c1-6(16(22,23)24)26-31(29,30)9-5-27(2)13(12(9)19)15(28)25-8-4-3-7(17)10(11(8)18)14(20)21/h3-6,14,26H,1-2H3,(H,25,28). The van der Waals surface area contributed by atoms with Crippen molar-refractivity contribution in [2.75, 3.05) is 5.32 Å². The topological polar surface area (TPSA) is 80.2 Å². The average Bonchev–Trinajstić information content (AvgIpc) is 2.91. The molecule has 15 heteroatoms. The first kappa shape index (κ1) is 24.6. The molecule has 0 saturated heterocycles. The number of carbonyl (C=O) groups is 1. The van der Waals surface area contributed by atoms with Gasteiger partial charge in [-0.05, 0) is 19.1 Å². The molecule has 1 aromatic carbocycles. The van der Waals surface area contributed by atoms with Crippen LogP contribution in [0.1, 0.15) is 29.4 Å². The maximum atomic E-state index is 14.6. The molecule has 2 aromatic rings. The number of benzene rings is 1. The van der Waals surface area contributed by atoms with Gasteiger partial charge in [0.05, 0.1) is 11.3 Å². The quantitative estimate of drug-likeness (QED) is 0.618. The number of nitrogens with one attached hydrogen (secondary N) is 2. The molecule has 0 aliphatic rings. The fraction of sp³-hybridized carbons (Fsp3) is 0.312. The number of aryl methyl sites for hydroxylation is 1. The number of aromatic nitrogens is 1. The summed E-state index contributed by atoms with van der Waals surface area (Å²) < 4.78 is 131. The first-order valence-corrected chi connectivity index (χ1v) is 9.57. The molecule has 0 saturated carbocycles. The van der Waals surface area contributed by atoms with Gasteiger partial charge in [0.2, 0.25) is 10.0 Å². The number of halogens is 8. The van der Waals surface area contributed by atoms with Crippen molar-refractivity contribution in [3.05, 3.63) is 47.0 Å². The third-order valence-electron chi connectivity index (χ3n) is 4.01. The second-order valence-electron chi connectivity index (χ2n) is 6.23. The molecular formula is C16H13F8N3O3S. The number of alkyl halides is 5. The number of hydrogen-bond acceptors (Lipinski definition) is 3. The maximum Gasteiger partial charge on any atom is 0.404 e. The molecule has 2 N–H and O–H groups in total. The van der Waals surface area contributed by atoms with E-state index in [-0.39, 0.29) is 0 Å². The predicted octanol–water partition coefficient (Wildman–Crippen LogP) is 3.86. The van der Waals surface area contributed by atoms with E-state index in [0.29, 0.717) is 29.8 Å². The summed E-state index contributed by atoms with van der Waals surface area (Å²) in [4.78, 5) is 11.0. The third kappa shape index (κ3) is 4.98. The average molecular weight is 479 g/mol. The molecule has 0 bridgehead atoms. The molecule has 0 radical (unpaired) electrons. The van der Waals surface area contributed by atoms with Crippen molar-refractivity contribution in [1.82, 2.24) is 9.29 Å². The van der Waals surface area contributed by atoms with E-state index in [1.807, 2.05) is 0 Å². The normalized spacial score (nSPS) is 13.5. The summed E-state index contributed by atoms with van der Waals surface area (Å²) in [6, 6.07) is -1.60. The van der Waals surface area contributed by atoms with E-state index in [0.717, 1.165) is 7.05 Å². The van der Waals surface area contributed by atoms with Crippen LogP contribution in [0, 0.1) is 17.5 Å². The van der Waals surface area contributed by atoms with Gasteiger partial charge in [0.1, 0.15) is 22.4 Å². The van der Waals surface area contributed by atoms with Crippen LogP contribution in [0.2, 0.25) is 0 Å². The Morgan fingerprint density at radius 1 is 1.10 bits per heavy atom. The lowest BCUT2D eigenvalue weighted by molar-refractivity contribution is -0.147. The van der Waals surface area contributed by atoms with Crippen molar-refractivity contribution in [2.24, 2.45) is 7.05 Å². The monoisotopic (exact) mass is 479 g/mol. The Hall–Kier alpha value is -2.68. The van der Waals surface area contributed by atoms with Crippen LogP contribution in [0.4, 0.5) is 40.8 Å². The van der Waals surface area contributed by atoms with Gasteiger partial charge in [0.25, 0.3) is 12.3 Å². The number of nitrogens with zero attached hydrogens (tertiary/aromatic N) is 1. The van der Waals surface area contributed by atoms with E-state index < -0.39 is 73.9 Å². The molecule has 31 heavy (non-hydrogen) atoms. The summed E-state index contributed by atoms with van der Waals surface area (Å²) in [5, 5.41) is 1.69. The first-order valence-electron chi connectivity index (χ1n) is 8.09. The minimum absolute atomic E-state index is 0.417. The van der Waals surface area contributed by atoms with E-state index in [9.17, 15) is 48.3 Å². The minimum atomic E-state index is -5.08. The van der Waals surface area contributed by atoms with Gasteiger partial charge in [0, 0.05) is 13.2 Å². The Kier molecular flexibility index (Phi) is 6.70. The lowest BCUT2D eigenvalue weighted by Gasteiger charge is -2.16. The fourth-order valence-corrected chi connectivity index (χ4v) is 3.78. The summed E-state index contributed by atoms with van der Waals surface area (Å²) in [7, 11) is -4.13. The molecule has 1 amide bonds. The third-order valence-corrected chi connectivity index (χ3v) is 5.54. The van der Waals surface area contributed by atoms with Crippen LogP contribution in [0.5, 0.6) is 0 Å². The maximum absolute atomic E-state index is 14.6. The molecule has 1 aromatic heterocycles. The molecule has 1 heterocycles. The van der Waals surface area contributed by atoms with Crippen molar-refractivity contribution in [1.29, 1.82) is 0 Å². The molecule has 172 valence electrons. The Balaban J connectivity index is 2.41. The van der Waals surface area contributed by atoms with Crippen molar-refractivity contribution >= 4 is 21.6 Å². The summed E-state index contributed by atoms with van der Waals surface area (Å²) in [5.74, 6) is -6.75. The van der Waals surface area contributed by atoms with Crippen LogP contribution in [0.15, 0.2) is 23.2 Å². The van der Waals surface area contributed by atoms with Crippen LogP contribution >= 0.6 is 0 Å². The lowest BCUT2D eigenvalue weighted by atomic mass is 10.1. The molecule has 2 rings (SSSR count). The first-order chi connectivity index (χ1) is 14.1. The zero-order valence-electron chi connectivity index (χ0n) is 15.5. The Morgan fingerprint density at radius 2 is 1.68 bits per heavy atom. The molecule has 0 fully saturated rings. The second-order valence-corrected chi connectivity index (χ2v) is 7.91. The van der Waals surface area contributed by atoms with Crippen LogP contribution in [0.3, 0.4) is 0 Å². The Bertz CT molecular complexity index is 1110. The Morgan fingerprint density at radius 3 is 2.19 bits per heavy atom. The van der Waals surface area contributed by atoms with Gasteiger partial charge in [-0.1, -0.05) is 0 Å². The van der Waals surface area contributed by atoms with E-state index in [1.54, 1.807) is 5.32 Å². The van der Waals surface area contributed by atoms with E-state index in [2.05, 4.69) is 0 Å². The highest BCUT2D eigenvalue weighted by atomic mass is 32.2. The highest BCUT2D eigenvalue weighted by Crippen LogP contribution is 2.30. The molecule has 0 aliphatic heterocycles.